The minimum Gasteiger partial charge on any atom is -0.477 e. The number of carbonyl (C=O) groups is 1. The lowest BCUT2D eigenvalue weighted by Gasteiger charge is -2.08. The third-order valence-electron chi connectivity index (χ3n) is 2.50. The van der Waals surface area contributed by atoms with Crippen LogP contribution in [-0.4, -0.2) is 21.0 Å². The van der Waals surface area contributed by atoms with Crippen LogP contribution in [0, 0.1) is 19.5 Å². The maximum atomic E-state index is 13.0. The number of anilines is 2. The Morgan fingerprint density at radius 2 is 2.14 bits per heavy atom. The van der Waals surface area contributed by atoms with E-state index < -0.39 is 28.0 Å². The molecule has 9 heteroatoms. The molecule has 2 rings (SSSR count). The molecular weight excluding hydrogens is 396 g/mol. The Hall–Kier alpha value is -2.30. The molecule has 0 radical (unpaired) electrons. The Morgan fingerprint density at radius 1 is 1.43 bits per heavy atom. The highest BCUT2D eigenvalue weighted by Gasteiger charge is 2.21. The Labute approximate surface area is 131 Å². The van der Waals surface area contributed by atoms with Crippen molar-refractivity contribution in [2.24, 2.45) is 0 Å². The van der Waals surface area contributed by atoms with Crippen LogP contribution in [0.4, 0.5) is 21.6 Å². The zero-order valence-electron chi connectivity index (χ0n) is 10.2. The van der Waals surface area contributed by atoms with Crippen molar-refractivity contribution in [2.75, 3.05) is 5.32 Å². The van der Waals surface area contributed by atoms with E-state index in [1.54, 1.807) is 0 Å². The van der Waals surface area contributed by atoms with Crippen molar-refractivity contribution in [1.82, 2.24) is 4.98 Å². The molecule has 1 aromatic heterocycles. The number of rotatable bonds is 4. The van der Waals surface area contributed by atoms with E-state index in [0.717, 1.165) is 12.3 Å². The second kappa shape index (κ2) is 5.99. The number of hydrogen-bond acceptors (Lipinski definition) is 5. The van der Waals surface area contributed by atoms with Crippen LogP contribution in [-0.2, 0) is 0 Å². The number of aromatic carboxylic acids is 1. The highest BCUT2D eigenvalue weighted by molar-refractivity contribution is 14.1. The monoisotopic (exact) mass is 403 g/mol. The topological polar surface area (TPSA) is 105 Å². The van der Waals surface area contributed by atoms with Gasteiger partial charge in [-0.1, -0.05) is 0 Å². The van der Waals surface area contributed by atoms with Gasteiger partial charge in [0.05, 0.1) is 10.6 Å². The molecule has 0 atom stereocenters. The van der Waals surface area contributed by atoms with Crippen molar-refractivity contribution in [2.45, 2.75) is 0 Å². The summed E-state index contributed by atoms with van der Waals surface area (Å²) in [6.07, 6.45) is 0.863. The quantitative estimate of drug-likeness (QED) is 0.462. The highest BCUT2D eigenvalue weighted by Crippen LogP contribution is 2.25. The molecule has 0 fully saturated rings. The van der Waals surface area contributed by atoms with E-state index in [1.807, 2.05) is 22.6 Å². The Bertz CT molecular complexity index is 738. The van der Waals surface area contributed by atoms with Crippen LogP contribution < -0.4 is 5.32 Å². The van der Waals surface area contributed by atoms with Crippen LogP contribution in [0.2, 0.25) is 0 Å². The fourth-order valence-corrected chi connectivity index (χ4v) is 2.17. The van der Waals surface area contributed by atoms with E-state index in [2.05, 4.69) is 10.3 Å². The SMILES string of the molecule is O=C(O)c1cc(Nc2ccc(F)cc2I)ncc1[N+](=O)[O-]. The maximum absolute atomic E-state index is 13.0. The number of carboxylic acids is 1. The van der Waals surface area contributed by atoms with Crippen molar-refractivity contribution in [1.29, 1.82) is 0 Å². The van der Waals surface area contributed by atoms with Crippen LogP contribution in [0.3, 0.4) is 0 Å². The van der Waals surface area contributed by atoms with Gasteiger partial charge in [-0.25, -0.2) is 14.2 Å². The van der Waals surface area contributed by atoms with Gasteiger partial charge in [-0.3, -0.25) is 10.1 Å². The molecule has 0 aliphatic carbocycles. The summed E-state index contributed by atoms with van der Waals surface area (Å²) in [4.78, 5) is 24.7. The summed E-state index contributed by atoms with van der Waals surface area (Å²) in [5, 5.41) is 22.5. The van der Waals surface area contributed by atoms with Crippen molar-refractivity contribution < 1.29 is 19.2 Å². The van der Waals surface area contributed by atoms with Crippen LogP contribution in [0.15, 0.2) is 30.5 Å². The van der Waals surface area contributed by atoms with Gasteiger partial charge in [0.2, 0.25) is 0 Å². The summed E-state index contributed by atoms with van der Waals surface area (Å²) < 4.78 is 13.6. The Balaban J connectivity index is 2.39. The molecule has 21 heavy (non-hydrogen) atoms. The number of hydrogen-bond donors (Lipinski definition) is 2. The molecule has 0 unspecified atom stereocenters. The number of nitrogens with zero attached hydrogens (tertiary/aromatic N) is 2. The summed E-state index contributed by atoms with van der Waals surface area (Å²) in [7, 11) is 0. The number of halogens is 2. The lowest BCUT2D eigenvalue weighted by atomic mass is 10.2. The molecule has 1 heterocycles. The number of nitro groups is 1. The molecule has 0 saturated heterocycles. The van der Waals surface area contributed by atoms with Crippen LogP contribution in [0.1, 0.15) is 10.4 Å². The number of pyridine rings is 1. The molecule has 2 aromatic rings. The number of aromatic nitrogens is 1. The van der Waals surface area contributed by atoms with Gasteiger partial charge in [0.25, 0.3) is 0 Å². The van der Waals surface area contributed by atoms with E-state index in [9.17, 15) is 19.3 Å². The average molecular weight is 403 g/mol. The normalized spacial score (nSPS) is 10.2. The minimum atomic E-state index is -1.43. The van der Waals surface area contributed by atoms with E-state index in [-0.39, 0.29) is 5.82 Å². The third kappa shape index (κ3) is 3.42. The lowest BCUT2D eigenvalue weighted by molar-refractivity contribution is -0.385. The molecule has 0 spiro atoms. The molecule has 108 valence electrons. The first kappa shape index (κ1) is 15.1. The van der Waals surface area contributed by atoms with Crippen LogP contribution in [0.25, 0.3) is 0 Å². The lowest BCUT2D eigenvalue weighted by Crippen LogP contribution is -2.05. The number of benzene rings is 1. The highest BCUT2D eigenvalue weighted by atomic mass is 127. The molecule has 0 bridgehead atoms. The zero-order chi connectivity index (χ0) is 15.6. The van der Waals surface area contributed by atoms with E-state index in [1.165, 1.54) is 18.2 Å². The summed E-state index contributed by atoms with van der Waals surface area (Å²) in [6, 6.07) is 5.03. The smallest absolute Gasteiger partial charge is 0.342 e. The van der Waals surface area contributed by atoms with Gasteiger partial charge in [0.1, 0.15) is 23.4 Å². The predicted molar refractivity (Wildman–Crippen MR) is 80.3 cm³/mol. The van der Waals surface area contributed by atoms with E-state index >= 15 is 0 Å². The second-order valence-corrected chi connectivity index (χ2v) is 5.06. The van der Waals surface area contributed by atoms with Gasteiger partial charge in [-0.15, -0.1) is 0 Å². The van der Waals surface area contributed by atoms with Crippen molar-refractivity contribution in [3.63, 3.8) is 0 Å². The summed E-state index contributed by atoms with van der Waals surface area (Å²) in [6.45, 7) is 0. The summed E-state index contributed by atoms with van der Waals surface area (Å²) in [5.74, 6) is -1.73. The van der Waals surface area contributed by atoms with Gasteiger partial charge in [-0.05, 0) is 40.8 Å². The van der Waals surface area contributed by atoms with Gasteiger partial charge in [-0.2, -0.15) is 0 Å². The van der Waals surface area contributed by atoms with Crippen LogP contribution in [0.5, 0.6) is 0 Å². The molecule has 0 amide bonds. The van der Waals surface area contributed by atoms with Gasteiger partial charge in [0.15, 0.2) is 0 Å². The van der Waals surface area contributed by atoms with E-state index in [0.29, 0.717) is 9.26 Å². The van der Waals surface area contributed by atoms with E-state index in [4.69, 9.17) is 5.11 Å². The first-order valence-corrected chi connectivity index (χ1v) is 6.56. The van der Waals surface area contributed by atoms with Crippen molar-refractivity contribution in [3.8, 4) is 0 Å². The largest absolute Gasteiger partial charge is 0.477 e. The number of carboxylic acid groups (broad SMARTS) is 1. The molecular formula is C12H7FIN3O4. The second-order valence-electron chi connectivity index (χ2n) is 3.90. The summed E-state index contributed by atoms with van der Waals surface area (Å²) in [5.41, 5.74) is -0.564. The van der Waals surface area contributed by atoms with Gasteiger partial charge < -0.3 is 10.4 Å². The van der Waals surface area contributed by atoms with Crippen molar-refractivity contribution in [3.05, 3.63) is 55.5 Å². The molecule has 1 aromatic carbocycles. The Kier molecular flexibility index (Phi) is 4.31. The maximum Gasteiger partial charge on any atom is 0.342 e. The van der Waals surface area contributed by atoms with Gasteiger partial charge in [0, 0.05) is 9.64 Å². The minimum absolute atomic E-state index is 0.113. The van der Waals surface area contributed by atoms with Crippen molar-refractivity contribution >= 4 is 45.8 Å². The number of nitrogens with one attached hydrogen (secondary N) is 1. The third-order valence-corrected chi connectivity index (χ3v) is 3.40. The molecule has 0 saturated carbocycles. The fraction of sp³-hybridized carbons (Fsp3) is 0. The standard InChI is InChI=1S/C12H7FIN3O4/c13-6-1-2-9(8(14)3-6)16-11-4-7(12(18)19)10(5-15-11)17(20)21/h1-5H,(H,15,16)(H,18,19). The predicted octanol–water partition coefficient (Wildman–Crippen LogP) is 3.18. The molecule has 7 nitrogen and oxygen atoms in total. The average Bonchev–Trinajstić information content (AvgIpc) is 2.41. The first-order chi connectivity index (χ1) is 9.88. The summed E-state index contributed by atoms with van der Waals surface area (Å²) >= 11 is 1.90. The zero-order valence-corrected chi connectivity index (χ0v) is 12.4. The Morgan fingerprint density at radius 3 is 2.71 bits per heavy atom. The van der Waals surface area contributed by atoms with Crippen LogP contribution >= 0.6 is 22.6 Å². The molecule has 0 aliphatic heterocycles. The van der Waals surface area contributed by atoms with Gasteiger partial charge >= 0.3 is 11.7 Å². The first-order valence-electron chi connectivity index (χ1n) is 5.48. The molecule has 0 aliphatic rings. The molecule has 2 N–H and O–H groups in total. The fourth-order valence-electron chi connectivity index (χ4n) is 1.56.